The first-order valence-electron chi connectivity index (χ1n) is 6.69. The maximum absolute atomic E-state index is 9.84. The van der Waals surface area contributed by atoms with E-state index in [0.717, 1.165) is 0 Å². The smallest absolute Gasteiger partial charge is 0.229 e. The van der Waals surface area contributed by atoms with Crippen molar-refractivity contribution in [3.63, 3.8) is 0 Å². The van der Waals surface area contributed by atoms with Crippen molar-refractivity contribution in [2.45, 2.75) is 43.7 Å². The van der Waals surface area contributed by atoms with Gasteiger partial charge in [-0.15, -0.1) is 0 Å². The molecule has 118 valence electrons. The molecule has 0 aliphatic carbocycles. The number of ether oxygens (including phenoxy) is 2. The predicted molar refractivity (Wildman–Crippen MR) is 71.5 cm³/mol. The first-order chi connectivity index (χ1) is 9.93. The van der Waals surface area contributed by atoms with E-state index in [9.17, 15) is 20.4 Å². The van der Waals surface area contributed by atoms with Crippen molar-refractivity contribution in [2.24, 2.45) is 0 Å². The zero-order valence-corrected chi connectivity index (χ0v) is 11.5. The van der Waals surface area contributed by atoms with Gasteiger partial charge in [0.25, 0.3) is 0 Å². The van der Waals surface area contributed by atoms with Crippen LogP contribution >= 0.6 is 0 Å². The lowest BCUT2D eigenvalue weighted by Crippen LogP contribution is -2.60. The lowest BCUT2D eigenvalue weighted by molar-refractivity contribution is -0.277. The topological polar surface area (TPSA) is 120 Å². The second-order valence-corrected chi connectivity index (χ2v) is 5.06. The van der Waals surface area contributed by atoms with Crippen LogP contribution in [0, 0.1) is 0 Å². The number of hydrogen-bond donors (Lipinski definition) is 5. The van der Waals surface area contributed by atoms with Crippen LogP contribution in [0.1, 0.15) is 18.6 Å². The molecule has 7 nitrogen and oxygen atoms in total. The summed E-state index contributed by atoms with van der Waals surface area (Å²) in [7, 11) is 0. The molecule has 1 aliphatic heterocycles. The van der Waals surface area contributed by atoms with Crippen molar-refractivity contribution in [2.75, 3.05) is 6.61 Å². The highest BCUT2D eigenvalue weighted by atomic mass is 16.7. The molecule has 0 saturated carbocycles. The number of hydrogen-bond acceptors (Lipinski definition) is 7. The third-order valence-corrected chi connectivity index (χ3v) is 3.46. The molecular weight excluding hydrogens is 280 g/mol. The van der Waals surface area contributed by atoms with Crippen molar-refractivity contribution in [3.05, 3.63) is 29.8 Å². The molecule has 0 bridgehead atoms. The fourth-order valence-corrected chi connectivity index (χ4v) is 2.12. The molecule has 0 spiro atoms. The molecule has 0 amide bonds. The third kappa shape index (κ3) is 3.52. The van der Waals surface area contributed by atoms with E-state index in [1.54, 1.807) is 31.2 Å². The summed E-state index contributed by atoms with van der Waals surface area (Å²) in [6.07, 6.45) is -7.16. The Balaban J connectivity index is 2.07. The fraction of sp³-hybridized carbons (Fsp3) is 0.571. The molecule has 1 aromatic carbocycles. The second-order valence-electron chi connectivity index (χ2n) is 5.06. The van der Waals surface area contributed by atoms with E-state index < -0.39 is 43.4 Å². The minimum atomic E-state index is -1.47. The average Bonchev–Trinajstić information content (AvgIpc) is 2.48. The average molecular weight is 300 g/mol. The van der Waals surface area contributed by atoms with E-state index in [1.165, 1.54) is 0 Å². The SMILES string of the molecule is CC(O)c1ccc(O[C@@H]2O[C@H](CO)[C@@H](O)[C@H](O)[C@H]2O)cc1. The van der Waals surface area contributed by atoms with Crippen LogP contribution in [-0.4, -0.2) is 62.8 Å². The van der Waals surface area contributed by atoms with Gasteiger partial charge in [0.15, 0.2) is 0 Å². The maximum Gasteiger partial charge on any atom is 0.229 e. The summed E-state index contributed by atoms with van der Waals surface area (Å²) in [5.74, 6) is 0.365. The summed E-state index contributed by atoms with van der Waals surface area (Å²) in [6, 6.07) is 6.49. The lowest BCUT2D eigenvalue weighted by Gasteiger charge is -2.39. The Hall–Kier alpha value is -1.22. The molecule has 1 fully saturated rings. The van der Waals surface area contributed by atoms with Gasteiger partial charge in [0.2, 0.25) is 6.29 Å². The van der Waals surface area contributed by atoms with Crippen molar-refractivity contribution in [1.29, 1.82) is 0 Å². The molecule has 1 aliphatic rings. The Morgan fingerprint density at radius 1 is 1.10 bits per heavy atom. The highest BCUT2D eigenvalue weighted by molar-refractivity contribution is 5.28. The number of rotatable bonds is 4. The van der Waals surface area contributed by atoms with E-state index in [0.29, 0.717) is 11.3 Å². The van der Waals surface area contributed by atoms with Gasteiger partial charge >= 0.3 is 0 Å². The maximum atomic E-state index is 9.84. The molecule has 1 unspecified atom stereocenters. The lowest BCUT2D eigenvalue weighted by atomic mass is 9.99. The highest BCUT2D eigenvalue weighted by Crippen LogP contribution is 2.25. The summed E-state index contributed by atoms with van der Waals surface area (Å²) in [6.45, 7) is 1.12. The molecule has 21 heavy (non-hydrogen) atoms. The van der Waals surface area contributed by atoms with Crippen molar-refractivity contribution < 1.29 is 35.0 Å². The molecule has 0 aromatic heterocycles. The molecule has 2 rings (SSSR count). The quantitative estimate of drug-likeness (QED) is 0.480. The fourth-order valence-electron chi connectivity index (χ4n) is 2.12. The van der Waals surface area contributed by atoms with E-state index in [1.807, 2.05) is 0 Å². The van der Waals surface area contributed by atoms with Crippen LogP contribution in [-0.2, 0) is 4.74 Å². The zero-order valence-electron chi connectivity index (χ0n) is 11.5. The van der Waals surface area contributed by atoms with E-state index in [-0.39, 0.29) is 0 Å². The second kappa shape index (κ2) is 6.69. The summed E-state index contributed by atoms with van der Waals surface area (Å²) >= 11 is 0. The van der Waals surface area contributed by atoms with Crippen LogP contribution in [0.25, 0.3) is 0 Å². The van der Waals surface area contributed by atoms with Gasteiger partial charge in [-0.25, -0.2) is 0 Å². The van der Waals surface area contributed by atoms with Crippen molar-refractivity contribution in [1.82, 2.24) is 0 Å². The Morgan fingerprint density at radius 2 is 1.71 bits per heavy atom. The standard InChI is InChI=1S/C14H20O7/c1-7(16)8-2-4-9(5-3-8)20-14-13(19)12(18)11(17)10(6-15)21-14/h2-5,7,10-19H,6H2,1H3/t7?,10-,11-,12+,13-,14-/m1/s1. The normalized spacial score (nSPS) is 34.5. The zero-order chi connectivity index (χ0) is 15.6. The molecular formula is C14H20O7. The van der Waals surface area contributed by atoms with E-state index in [2.05, 4.69) is 0 Å². The Kier molecular flexibility index (Phi) is 5.15. The van der Waals surface area contributed by atoms with E-state index in [4.69, 9.17) is 14.6 Å². The van der Waals surface area contributed by atoms with Gasteiger partial charge in [-0.1, -0.05) is 12.1 Å². The summed E-state index contributed by atoms with van der Waals surface area (Å²) in [4.78, 5) is 0. The Labute approximate surface area is 122 Å². The molecule has 6 atom stereocenters. The van der Waals surface area contributed by atoms with Gasteiger partial charge in [-0.3, -0.25) is 0 Å². The van der Waals surface area contributed by atoms with Crippen molar-refractivity contribution in [3.8, 4) is 5.75 Å². The van der Waals surface area contributed by atoms with Gasteiger partial charge in [0.05, 0.1) is 12.7 Å². The van der Waals surface area contributed by atoms with Gasteiger partial charge in [-0.2, -0.15) is 0 Å². The first-order valence-corrected chi connectivity index (χ1v) is 6.69. The first kappa shape index (κ1) is 16.2. The van der Waals surface area contributed by atoms with Crippen molar-refractivity contribution >= 4 is 0 Å². The summed E-state index contributed by atoms with van der Waals surface area (Å²) in [5, 5.41) is 47.7. The number of benzene rings is 1. The van der Waals surface area contributed by atoms with Crippen LogP contribution < -0.4 is 4.74 Å². The van der Waals surface area contributed by atoms with Crippen LogP contribution in [0.15, 0.2) is 24.3 Å². The Morgan fingerprint density at radius 3 is 2.24 bits per heavy atom. The Bertz CT molecular complexity index is 445. The molecule has 1 heterocycles. The van der Waals surface area contributed by atoms with Gasteiger partial charge in [0, 0.05) is 0 Å². The van der Waals surface area contributed by atoms with E-state index >= 15 is 0 Å². The molecule has 1 saturated heterocycles. The third-order valence-electron chi connectivity index (χ3n) is 3.46. The molecule has 1 aromatic rings. The minimum Gasteiger partial charge on any atom is -0.462 e. The predicted octanol–water partition coefficient (Wildman–Crippen LogP) is -1.08. The molecule has 0 radical (unpaired) electrons. The molecule has 7 heteroatoms. The minimum absolute atomic E-state index is 0.365. The number of aliphatic hydroxyl groups is 5. The van der Waals surface area contributed by atoms with Crippen LogP contribution in [0.3, 0.4) is 0 Å². The summed E-state index contributed by atoms with van der Waals surface area (Å²) in [5.41, 5.74) is 0.705. The molecule has 5 N–H and O–H groups in total. The van der Waals surface area contributed by atoms with Crippen LogP contribution in [0.5, 0.6) is 5.75 Å². The largest absolute Gasteiger partial charge is 0.462 e. The number of aliphatic hydroxyl groups excluding tert-OH is 5. The van der Waals surface area contributed by atoms with Gasteiger partial charge in [0.1, 0.15) is 30.2 Å². The van der Waals surface area contributed by atoms with Gasteiger partial charge in [-0.05, 0) is 24.6 Å². The van der Waals surface area contributed by atoms with Crippen LogP contribution in [0.4, 0.5) is 0 Å². The summed E-state index contributed by atoms with van der Waals surface area (Å²) < 4.78 is 10.6. The van der Waals surface area contributed by atoms with Gasteiger partial charge < -0.3 is 35.0 Å². The highest BCUT2D eigenvalue weighted by Gasteiger charge is 2.44. The monoisotopic (exact) mass is 300 g/mol. The van der Waals surface area contributed by atoms with Crippen LogP contribution in [0.2, 0.25) is 0 Å².